The highest BCUT2D eigenvalue weighted by atomic mass is 127. The van der Waals surface area contributed by atoms with Crippen LogP contribution < -0.4 is 15.4 Å². The van der Waals surface area contributed by atoms with Crippen molar-refractivity contribution in [3.05, 3.63) is 41.5 Å². The smallest absolute Gasteiger partial charge is 0.191 e. The van der Waals surface area contributed by atoms with Crippen molar-refractivity contribution in [3.63, 3.8) is 0 Å². The molecule has 2 N–H and O–H groups in total. The molecule has 7 nitrogen and oxygen atoms in total. The fourth-order valence-electron chi connectivity index (χ4n) is 3.44. The number of aryl methyl sites for hydroxylation is 2. The summed E-state index contributed by atoms with van der Waals surface area (Å²) in [5, 5.41) is 14.8. The number of benzene rings is 1. The van der Waals surface area contributed by atoms with Gasteiger partial charge in [-0.1, -0.05) is 12.1 Å². The quantitative estimate of drug-likeness (QED) is 0.320. The second kappa shape index (κ2) is 12.0. The van der Waals surface area contributed by atoms with Gasteiger partial charge in [-0.2, -0.15) is 0 Å². The van der Waals surface area contributed by atoms with E-state index in [0.717, 1.165) is 49.0 Å². The van der Waals surface area contributed by atoms with Crippen LogP contribution in [0.4, 0.5) is 0 Å². The monoisotopic (exact) mass is 512 g/mol. The molecule has 0 spiro atoms. The molecule has 1 aliphatic rings. The Morgan fingerprint density at radius 3 is 2.76 bits per heavy atom. The van der Waals surface area contributed by atoms with Crippen molar-refractivity contribution in [1.82, 2.24) is 25.4 Å². The maximum absolute atomic E-state index is 6.30. The highest BCUT2D eigenvalue weighted by Gasteiger charge is 2.18. The lowest BCUT2D eigenvalue weighted by molar-refractivity contribution is 0.208. The number of aromatic nitrogens is 3. The fraction of sp³-hybridized carbons (Fsp3) is 0.571. The van der Waals surface area contributed by atoms with Crippen LogP contribution in [-0.2, 0) is 19.6 Å². The molecule has 0 bridgehead atoms. The number of nitrogens with zero attached hydrogens (tertiary/aromatic N) is 4. The first kappa shape index (κ1) is 23.4. The third kappa shape index (κ3) is 6.87. The Balaban J connectivity index is 0.00000300. The number of guanidine groups is 1. The van der Waals surface area contributed by atoms with Crippen molar-refractivity contribution in [2.24, 2.45) is 4.99 Å². The van der Waals surface area contributed by atoms with E-state index in [1.165, 1.54) is 18.4 Å². The SMILES string of the molecule is CCNC(=NCc1ccc(C)cc1OC1CCCC1)NCc1nncn1CC.I. The Kier molecular flexibility index (Phi) is 9.69. The molecule has 1 heterocycles. The van der Waals surface area contributed by atoms with Crippen molar-refractivity contribution >= 4 is 29.9 Å². The second-order valence-corrected chi connectivity index (χ2v) is 7.22. The van der Waals surface area contributed by atoms with E-state index in [-0.39, 0.29) is 24.0 Å². The van der Waals surface area contributed by atoms with E-state index in [1.54, 1.807) is 6.33 Å². The van der Waals surface area contributed by atoms with E-state index in [0.29, 0.717) is 19.2 Å². The van der Waals surface area contributed by atoms with Gasteiger partial charge < -0.3 is 19.9 Å². The number of ether oxygens (including phenoxy) is 1. The number of hydrogen-bond acceptors (Lipinski definition) is 4. The van der Waals surface area contributed by atoms with E-state index in [9.17, 15) is 0 Å². The molecule has 1 fully saturated rings. The normalized spacial score (nSPS) is 14.5. The van der Waals surface area contributed by atoms with Gasteiger partial charge in [0.25, 0.3) is 0 Å². The predicted octanol–water partition coefficient (Wildman–Crippen LogP) is 3.80. The minimum absolute atomic E-state index is 0. The first-order valence-corrected chi connectivity index (χ1v) is 10.3. The lowest BCUT2D eigenvalue weighted by Gasteiger charge is -2.17. The van der Waals surface area contributed by atoms with Crippen LogP contribution in [0.3, 0.4) is 0 Å². The van der Waals surface area contributed by atoms with Crippen LogP contribution in [0.15, 0.2) is 29.5 Å². The first-order chi connectivity index (χ1) is 13.7. The van der Waals surface area contributed by atoms with E-state index in [4.69, 9.17) is 9.73 Å². The van der Waals surface area contributed by atoms with Gasteiger partial charge >= 0.3 is 0 Å². The zero-order valence-electron chi connectivity index (χ0n) is 17.6. The first-order valence-electron chi connectivity index (χ1n) is 10.3. The van der Waals surface area contributed by atoms with Gasteiger partial charge in [-0.25, -0.2) is 4.99 Å². The van der Waals surface area contributed by atoms with Crippen molar-refractivity contribution in [2.45, 2.75) is 72.2 Å². The molecule has 1 aliphatic carbocycles. The van der Waals surface area contributed by atoms with Crippen LogP contribution in [0.5, 0.6) is 5.75 Å². The van der Waals surface area contributed by atoms with Crippen LogP contribution in [0, 0.1) is 6.92 Å². The van der Waals surface area contributed by atoms with Crippen LogP contribution in [0.25, 0.3) is 0 Å². The topological polar surface area (TPSA) is 76.4 Å². The third-order valence-corrected chi connectivity index (χ3v) is 5.02. The molecular weight excluding hydrogens is 479 g/mol. The number of aliphatic imine (C=N–C) groups is 1. The van der Waals surface area contributed by atoms with Crippen LogP contribution in [0.2, 0.25) is 0 Å². The Labute approximate surface area is 190 Å². The molecule has 29 heavy (non-hydrogen) atoms. The summed E-state index contributed by atoms with van der Waals surface area (Å²) in [7, 11) is 0. The van der Waals surface area contributed by atoms with Gasteiger partial charge in [0, 0.05) is 18.7 Å². The molecule has 0 saturated heterocycles. The molecule has 0 atom stereocenters. The predicted molar refractivity (Wildman–Crippen MR) is 127 cm³/mol. The van der Waals surface area contributed by atoms with E-state index < -0.39 is 0 Å². The van der Waals surface area contributed by atoms with Gasteiger partial charge in [0.15, 0.2) is 11.8 Å². The van der Waals surface area contributed by atoms with Gasteiger partial charge in [-0.3, -0.25) is 0 Å². The molecule has 0 radical (unpaired) electrons. The van der Waals surface area contributed by atoms with Crippen molar-refractivity contribution in [3.8, 4) is 5.75 Å². The largest absolute Gasteiger partial charge is 0.490 e. The van der Waals surface area contributed by atoms with Crippen LogP contribution >= 0.6 is 24.0 Å². The summed E-state index contributed by atoms with van der Waals surface area (Å²) in [5.74, 6) is 2.63. The maximum Gasteiger partial charge on any atom is 0.191 e. The summed E-state index contributed by atoms with van der Waals surface area (Å²) in [6.45, 7) is 9.04. The lowest BCUT2D eigenvalue weighted by atomic mass is 10.1. The molecular formula is C21H33IN6O. The Morgan fingerprint density at radius 2 is 2.03 bits per heavy atom. The van der Waals surface area contributed by atoms with Crippen molar-refractivity contribution in [1.29, 1.82) is 0 Å². The van der Waals surface area contributed by atoms with Crippen molar-refractivity contribution < 1.29 is 4.74 Å². The zero-order chi connectivity index (χ0) is 19.8. The molecule has 8 heteroatoms. The number of rotatable bonds is 8. The number of nitrogens with one attached hydrogen (secondary N) is 2. The summed E-state index contributed by atoms with van der Waals surface area (Å²) in [4.78, 5) is 4.76. The third-order valence-electron chi connectivity index (χ3n) is 5.02. The molecule has 1 aromatic carbocycles. The van der Waals surface area contributed by atoms with Gasteiger partial charge in [0.1, 0.15) is 12.1 Å². The molecule has 160 valence electrons. The Bertz CT molecular complexity index is 785. The maximum atomic E-state index is 6.30. The van der Waals surface area contributed by atoms with Gasteiger partial charge in [-0.05, 0) is 58.1 Å². The molecule has 1 saturated carbocycles. The summed E-state index contributed by atoms with van der Waals surface area (Å²) in [5.41, 5.74) is 2.33. The number of halogens is 1. The highest BCUT2D eigenvalue weighted by Crippen LogP contribution is 2.28. The summed E-state index contributed by atoms with van der Waals surface area (Å²) in [6, 6.07) is 6.38. The van der Waals surface area contributed by atoms with Crippen LogP contribution in [-0.4, -0.2) is 33.4 Å². The molecule has 3 rings (SSSR count). The minimum atomic E-state index is 0. The summed E-state index contributed by atoms with van der Waals surface area (Å²) < 4.78 is 8.31. The van der Waals surface area contributed by atoms with Crippen molar-refractivity contribution in [2.75, 3.05) is 6.54 Å². The van der Waals surface area contributed by atoms with E-state index in [1.807, 2.05) is 4.57 Å². The fourth-order valence-corrected chi connectivity index (χ4v) is 3.44. The lowest BCUT2D eigenvalue weighted by Crippen LogP contribution is -2.37. The standard InChI is InChI=1S/C21H32N6O.HI/c1-4-22-21(24-14-20-26-25-15-27(20)5-2)23-13-17-11-10-16(3)12-19(17)28-18-8-6-7-9-18;/h10-12,15,18H,4-9,13-14H2,1-3H3,(H2,22,23,24);1H. The molecule has 1 aromatic heterocycles. The molecule has 0 aliphatic heterocycles. The highest BCUT2D eigenvalue weighted by molar-refractivity contribution is 14.0. The van der Waals surface area contributed by atoms with E-state index in [2.05, 4.69) is 59.8 Å². The van der Waals surface area contributed by atoms with Gasteiger partial charge in [0.2, 0.25) is 0 Å². The molecule has 0 unspecified atom stereocenters. The molecule has 0 amide bonds. The molecule has 2 aromatic rings. The minimum Gasteiger partial charge on any atom is -0.490 e. The summed E-state index contributed by atoms with van der Waals surface area (Å²) >= 11 is 0. The Hall–Kier alpha value is -1.84. The van der Waals surface area contributed by atoms with Gasteiger partial charge in [-0.15, -0.1) is 34.2 Å². The Morgan fingerprint density at radius 1 is 1.24 bits per heavy atom. The van der Waals surface area contributed by atoms with E-state index >= 15 is 0 Å². The average Bonchev–Trinajstić information content (AvgIpc) is 3.36. The number of hydrogen-bond donors (Lipinski definition) is 2. The second-order valence-electron chi connectivity index (χ2n) is 7.22. The van der Waals surface area contributed by atoms with Gasteiger partial charge in [0.05, 0.1) is 19.2 Å². The van der Waals surface area contributed by atoms with Crippen LogP contribution in [0.1, 0.15) is 56.5 Å². The zero-order valence-corrected chi connectivity index (χ0v) is 20.0. The average molecular weight is 512 g/mol. The summed E-state index contributed by atoms with van der Waals surface area (Å²) in [6.07, 6.45) is 6.93.